The van der Waals surface area contributed by atoms with Gasteiger partial charge in [0.15, 0.2) is 0 Å². The Hall–Kier alpha value is -2.78. The van der Waals surface area contributed by atoms with Crippen LogP contribution in [0.15, 0.2) is 53.4 Å². The van der Waals surface area contributed by atoms with Crippen LogP contribution in [-0.2, 0) is 14.8 Å². The number of halogens is 1. The van der Waals surface area contributed by atoms with Gasteiger partial charge in [-0.25, -0.2) is 17.5 Å². The molecular weight excluding hydrogens is 421 g/mol. The number of hydrogen-bond donors (Lipinski definition) is 2. The van der Waals surface area contributed by atoms with Gasteiger partial charge in [-0.2, -0.15) is 0 Å². The van der Waals surface area contributed by atoms with Gasteiger partial charge in [0.25, 0.3) is 5.91 Å². The first-order valence-electron chi connectivity index (χ1n) is 10.3. The van der Waals surface area contributed by atoms with Crippen LogP contribution in [0.2, 0.25) is 0 Å². The molecular formula is C22H26FN3O4S. The minimum absolute atomic E-state index is 0.142. The van der Waals surface area contributed by atoms with E-state index in [1.165, 1.54) is 30.3 Å². The van der Waals surface area contributed by atoms with Crippen LogP contribution in [0.5, 0.6) is 0 Å². The third-order valence-electron chi connectivity index (χ3n) is 5.20. The monoisotopic (exact) mass is 447 g/mol. The van der Waals surface area contributed by atoms with Crippen LogP contribution in [0.3, 0.4) is 0 Å². The Morgan fingerprint density at radius 2 is 1.77 bits per heavy atom. The second kappa shape index (κ2) is 10.0. The molecule has 0 unspecified atom stereocenters. The maximum absolute atomic E-state index is 13.4. The van der Waals surface area contributed by atoms with Gasteiger partial charge >= 0.3 is 0 Å². The normalized spacial score (nSPS) is 15.0. The molecule has 1 aliphatic heterocycles. The average molecular weight is 448 g/mol. The van der Waals surface area contributed by atoms with Crippen molar-refractivity contribution >= 4 is 27.5 Å². The molecule has 2 amide bonds. The molecule has 7 nitrogen and oxygen atoms in total. The molecule has 2 N–H and O–H groups in total. The summed E-state index contributed by atoms with van der Waals surface area (Å²) in [5.41, 5.74) is 0.809. The number of amides is 2. The summed E-state index contributed by atoms with van der Waals surface area (Å²) in [6, 6.07) is 11.6. The lowest BCUT2D eigenvalue weighted by Crippen LogP contribution is -2.41. The van der Waals surface area contributed by atoms with E-state index in [2.05, 4.69) is 10.0 Å². The SMILES string of the molecule is CCCNS(=O)(=O)c1ccc(NC(=O)C2CCN(C(=O)c3cccc(F)c3)CC2)cc1. The second-order valence-electron chi connectivity index (χ2n) is 7.49. The minimum atomic E-state index is -3.55. The van der Waals surface area contributed by atoms with E-state index in [1.54, 1.807) is 23.1 Å². The maximum Gasteiger partial charge on any atom is 0.253 e. The van der Waals surface area contributed by atoms with Crippen molar-refractivity contribution in [1.29, 1.82) is 0 Å². The lowest BCUT2D eigenvalue weighted by Gasteiger charge is -2.31. The summed E-state index contributed by atoms with van der Waals surface area (Å²) in [5.74, 6) is -1.13. The number of anilines is 1. The summed E-state index contributed by atoms with van der Waals surface area (Å²) >= 11 is 0. The summed E-state index contributed by atoms with van der Waals surface area (Å²) in [4.78, 5) is 26.9. The summed E-state index contributed by atoms with van der Waals surface area (Å²) in [7, 11) is -3.55. The van der Waals surface area contributed by atoms with Crippen molar-refractivity contribution < 1.29 is 22.4 Å². The molecule has 31 heavy (non-hydrogen) atoms. The molecule has 166 valence electrons. The molecule has 9 heteroatoms. The van der Waals surface area contributed by atoms with Crippen LogP contribution in [0.1, 0.15) is 36.5 Å². The van der Waals surface area contributed by atoms with E-state index in [4.69, 9.17) is 0 Å². The fourth-order valence-corrected chi connectivity index (χ4v) is 4.56. The zero-order valence-corrected chi connectivity index (χ0v) is 18.1. The third kappa shape index (κ3) is 5.89. The van der Waals surface area contributed by atoms with Crippen LogP contribution < -0.4 is 10.0 Å². The summed E-state index contributed by atoms with van der Waals surface area (Å²) < 4.78 is 40.1. The van der Waals surface area contributed by atoms with Gasteiger partial charge in [-0.3, -0.25) is 9.59 Å². The van der Waals surface area contributed by atoms with Crippen LogP contribution in [-0.4, -0.2) is 44.8 Å². The van der Waals surface area contributed by atoms with Crippen LogP contribution in [0.25, 0.3) is 0 Å². The molecule has 1 saturated heterocycles. The van der Waals surface area contributed by atoms with E-state index in [0.29, 0.717) is 50.1 Å². The highest BCUT2D eigenvalue weighted by Gasteiger charge is 2.28. The molecule has 3 rings (SSSR count). The predicted molar refractivity (Wildman–Crippen MR) is 116 cm³/mol. The van der Waals surface area contributed by atoms with Gasteiger partial charge in [-0.1, -0.05) is 13.0 Å². The van der Waals surface area contributed by atoms with E-state index in [1.807, 2.05) is 6.92 Å². The van der Waals surface area contributed by atoms with Gasteiger partial charge in [0, 0.05) is 36.8 Å². The summed E-state index contributed by atoms with van der Waals surface area (Å²) in [6.45, 7) is 3.06. The summed E-state index contributed by atoms with van der Waals surface area (Å²) in [6.07, 6.45) is 1.70. The number of carbonyl (C=O) groups excluding carboxylic acids is 2. The maximum atomic E-state index is 13.4. The highest BCUT2D eigenvalue weighted by Crippen LogP contribution is 2.22. The Morgan fingerprint density at radius 1 is 1.10 bits per heavy atom. The number of rotatable bonds is 7. The van der Waals surface area contributed by atoms with Gasteiger partial charge in [0.2, 0.25) is 15.9 Å². The van der Waals surface area contributed by atoms with Crippen molar-refractivity contribution in [1.82, 2.24) is 9.62 Å². The van der Waals surface area contributed by atoms with Crippen molar-refractivity contribution in [2.75, 3.05) is 25.0 Å². The standard InChI is InChI=1S/C22H26FN3O4S/c1-2-12-24-31(29,30)20-8-6-19(7-9-20)25-21(27)16-10-13-26(14-11-16)22(28)17-4-3-5-18(23)15-17/h3-9,15-16,24H,2,10-14H2,1H3,(H,25,27). The largest absolute Gasteiger partial charge is 0.339 e. The molecule has 1 fully saturated rings. The number of piperidine rings is 1. The van der Waals surface area contributed by atoms with Gasteiger partial charge in [-0.05, 0) is 61.7 Å². The van der Waals surface area contributed by atoms with E-state index in [-0.39, 0.29) is 22.6 Å². The first-order valence-corrected chi connectivity index (χ1v) is 11.7. The van der Waals surface area contributed by atoms with Crippen molar-refractivity contribution in [3.8, 4) is 0 Å². The fourth-order valence-electron chi connectivity index (χ4n) is 3.43. The number of nitrogens with one attached hydrogen (secondary N) is 2. The highest BCUT2D eigenvalue weighted by molar-refractivity contribution is 7.89. The zero-order chi connectivity index (χ0) is 22.4. The molecule has 1 aliphatic rings. The predicted octanol–water partition coefficient (Wildman–Crippen LogP) is 3.00. The molecule has 0 radical (unpaired) electrons. The number of likely N-dealkylation sites (tertiary alicyclic amines) is 1. The molecule has 0 saturated carbocycles. The molecule has 2 aromatic carbocycles. The number of nitrogens with zero attached hydrogens (tertiary/aromatic N) is 1. The molecule has 0 aromatic heterocycles. The Bertz CT molecular complexity index is 1030. The topological polar surface area (TPSA) is 95.6 Å². The number of carbonyl (C=O) groups is 2. The van der Waals surface area contributed by atoms with E-state index >= 15 is 0 Å². The van der Waals surface area contributed by atoms with E-state index in [0.717, 1.165) is 0 Å². The van der Waals surface area contributed by atoms with E-state index < -0.39 is 15.8 Å². The average Bonchev–Trinajstić information content (AvgIpc) is 2.77. The Labute approximate surface area is 181 Å². The van der Waals surface area contributed by atoms with Crippen molar-refractivity contribution in [2.45, 2.75) is 31.1 Å². The summed E-state index contributed by atoms with van der Waals surface area (Å²) in [5, 5.41) is 2.81. The highest BCUT2D eigenvalue weighted by atomic mass is 32.2. The Balaban J connectivity index is 1.53. The van der Waals surface area contributed by atoms with Gasteiger partial charge in [0.1, 0.15) is 5.82 Å². The zero-order valence-electron chi connectivity index (χ0n) is 17.3. The van der Waals surface area contributed by atoms with Crippen LogP contribution in [0.4, 0.5) is 10.1 Å². The first-order chi connectivity index (χ1) is 14.8. The molecule has 0 atom stereocenters. The Morgan fingerprint density at radius 3 is 2.39 bits per heavy atom. The molecule has 0 spiro atoms. The fraction of sp³-hybridized carbons (Fsp3) is 0.364. The lowest BCUT2D eigenvalue weighted by molar-refractivity contribution is -0.121. The Kier molecular flexibility index (Phi) is 7.40. The van der Waals surface area contributed by atoms with Gasteiger partial charge in [0.05, 0.1) is 4.90 Å². The number of hydrogen-bond acceptors (Lipinski definition) is 4. The number of benzene rings is 2. The molecule has 0 aliphatic carbocycles. The van der Waals surface area contributed by atoms with Crippen LogP contribution in [0, 0.1) is 11.7 Å². The molecule has 1 heterocycles. The van der Waals surface area contributed by atoms with Crippen LogP contribution >= 0.6 is 0 Å². The quantitative estimate of drug-likeness (QED) is 0.682. The number of sulfonamides is 1. The van der Waals surface area contributed by atoms with Crippen molar-refractivity contribution in [3.63, 3.8) is 0 Å². The third-order valence-corrected chi connectivity index (χ3v) is 6.68. The first kappa shape index (κ1) is 22.9. The van der Waals surface area contributed by atoms with E-state index in [9.17, 15) is 22.4 Å². The second-order valence-corrected chi connectivity index (χ2v) is 9.26. The smallest absolute Gasteiger partial charge is 0.253 e. The lowest BCUT2D eigenvalue weighted by atomic mass is 9.95. The minimum Gasteiger partial charge on any atom is -0.339 e. The molecule has 2 aromatic rings. The van der Waals surface area contributed by atoms with Gasteiger partial charge < -0.3 is 10.2 Å². The molecule has 0 bridgehead atoms. The van der Waals surface area contributed by atoms with Crippen molar-refractivity contribution in [3.05, 3.63) is 59.9 Å². The van der Waals surface area contributed by atoms with Crippen molar-refractivity contribution in [2.24, 2.45) is 5.92 Å². The van der Waals surface area contributed by atoms with Gasteiger partial charge in [-0.15, -0.1) is 0 Å².